The van der Waals surface area contributed by atoms with E-state index in [4.69, 9.17) is 21.1 Å². The van der Waals surface area contributed by atoms with Crippen molar-refractivity contribution in [1.82, 2.24) is 5.32 Å². The highest BCUT2D eigenvalue weighted by Crippen LogP contribution is 2.38. The highest BCUT2D eigenvalue weighted by atomic mass is 35.5. The number of ether oxygens (including phenoxy) is 2. The fourth-order valence-corrected chi connectivity index (χ4v) is 2.78. The summed E-state index contributed by atoms with van der Waals surface area (Å²) in [7, 11) is 0. The first-order valence-corrected chi connectivity index (χ1v) is 8.36. The third-order valence-corrected chi connectivity index (χ3v) is 3.92. The van der Waals surface area contributed by atoms with Gasteiger partial charge in [-0.2, -0.15) is 11.8 Å². The number of benzene rings is 1. The average Bonchev–Trinajstić information content (AvgIpc) is 2.43. The summed E-state index contributed by atoms with van der Waals surface area (Å²) in [6.45, 7) is 3.01. The lowest BCUT2D eigenvalue weighted by molar-refractivity contribution is 0.171. The second-order valence-corrected chi connectivity index (χ2v) is 5.87. The maximum Gasteiger partial charge on any atom is 0.179 e. The zero-order chi connectivity index (χ0) is 13.5. The average molecular weight is 302 g/mol. The molecule has 1 heterocycles. The van der Waals surface area contributed by atoms with E-state index in [9.17, 15) is 0 Å². The van der Waals surface area contributed by atoms with E-state index in [1.165, 1.54) is 18.6 Å². The minimum Gasteiger partial charge on any atom is -0.486 e. The number of fused-ring (bicyclic) bond motifs is 1. The van der Waals surface area contributed by atoms with Crippen LogP contribution < -0.4 is 14.8 Å². The van der Waals surface area contributed by atoms with Crippen LogP contribution in [0.3, 0.4) is 0 Å². The molecule has 2 rings (SSSR count). The summed E-state index contributed by atoms with van der Waals surface area (Å²) in [5, 5.41) is 4.07. The Kier molecular flexibility index (Phi) is 6.14. The maximum atomic E-state index is 6.19. The Hall–Kier alpha value is -0.580. The molecule has 19 heavy (non-hydrogen) atoms. The molecule has 0 aliphatic carbocycles. The molecule has 0 radical (unpaired) electrons. The molecule has 1 aromatic rings. The van der Waals surface area contributed by atoms with E-state index in [1.54, 1.807) is 0 Å². The molecule has 0 unspecified atom stereocenters. The van der Waals surface area contributed by atoms with Gasteiger partial charge in [-0.15, -0.1) is 0 Å². The van der Waals surface area contributed by atoms with E-state index in [2.05, 4.69) is 11.6 Å². The van der Waals surface area contributed by atoms with Crippen LogP contribution in [0.2, 0.25) is 5.02 Å². The van der Waals surface area contributed by atoms with Crippen LogP contribution in [0.25, 0.3) is 0 Å². The molecule has 1 N–H and O–H groups in total. The summed E-state index contributed by atoms with van der Waals surface area (Å²) in [6.07, 6.45) is 4.61. The fraction of sp³-hybridized carbons (Fsp3) is 0.571. The van der Waals surface area contributed by atoms with E-state index >= 15 is 0 Å². The second kappa shape index (κ2) is 7.88. The van der Waals surface area contributed by atoms with Crippen LogP contribution in [0.15, 0.2) is 12.1 Å². The van der Waals surface area contributed by atoms with Crippen LogP contribution in [0.5, 0.6) is 11.5 Å². The van der Waals surface area contributed by atoms with Gasteiger partial charge < -0.3 is 14.8 Å². The summed E-state index contributed by atoms with van der Waals surface area (Å²) in [5.74, 6) is 2.67. The molecule has 1 aliphatic heterocycles. The zero-order valence-corrected chi connectivity index (χ0v) is 12.8. The van der Waals surface area contributed by atoms with Crippen molar-refractivity contribution in [3.8, 4) is 11.5 Å². The summed E-state index contributed by atoms with van der Waals surface area (Å²) < 4.78 is 11.1. The molecule has 106 valence electrons. The van der Waals surface area contributed by atoms with E-state index < -0.39 is 0 Å². The first-order chi connectivity index (χ1) is 9.31. The van der Waals surface area contributed by atoms with Crippen molar-refractivity contribution in [3.63, 3.8) is 0 Å². The van der Waals surface area contributed by atoms with Gasteiger partial charge in [0.05, 0.1) is 5.02 Å². The molecular weight excluding hydrogens is 282 g/mol. The topological polar surface area (TPSA) is 30.5 Å². The minimum absolute atomic E-state index is 0.569. The zero-order valence-electron chi connectivity index (χ0n) is 11.2. The normalized spacial score (nSPS) is 13.6. The Morgan fingerprint density at radius 2 is 2.11 bits per heavy atom. The summed E-state index contributed by atoms with van der Waals surface area (Å²) in [5.41, 5.74) is 1.14. The Labute approximate surface area is 124 Å². The van der Waals surface area contributed by atoms with Crippen LogP contribution in [0, 0.1) is 0 Å². The van der Waals surface area contributed by atoms with Crippen LogP contribution in [-0.2, 0) is 6.54 Å². The highest BCUT2D eigenvalue weighted by Gasteiger charge is 2.16. The molecule has 0 aromatic heterocycles. The third kappa shape index (κ3) is 4.48. The smallest absolute Gasteiger partial charge is 0.179 e. The van der Waals surface area contributed by atoms with Gasteiger partial charge >= 0.3 is 0 Å². The van der Waals surface area contributed by atoms with Gasteiger partial charge in [0.1, 0.15) is 13.2 Å². The Morgan fingerprint density at radius 3 is 2.95 bits per heavy atom. The van der Waals surface area contributed by atoms with E-state index in [-0.39, 0.29) is 0 Å². The maximum absolute atomic E-state index is 6.19. The van der Waals surface area contributed by atoms with Crippen LogP contribution in [0.1, 0.15) is 18.4 Å². The van der Waals surface area contributed by atoms with E-state index in [0.717, 1.165) is 24.4 Å². The lowest BCUT2D eigenvalue weighted by atomic mass is 10.2. The number of hydrogen-bond acceptors (Lipinski definition) is 4. The Bertz CT molecular complexity index is 415. The fourth-order valence-electron chi connectivity index (χ4n) is 2.00. The molecule has 0 saturated heterocycles. The summed E-state index contributed by atoms with van der Waals surface area (Å²) in [4.78, 5) is 0. The molecule has 1 aromatic carbocycles. The van der Waals surface area contributed by atoms with E-state index in [1.807, 2.05) is 23.9 Å². The Morgan fingerprint density at radius 1 is 1.26 bits per heavy atom. The van der Waals surface area contributed by atoms with Gasteiger partial charge in [-0.3, -0.25) is 0 Å². The van der Waals surface area contributed by atoms with Crippen molar-refractivity contribution in [2.24, 2.45) is 0 Å². The molecule has 1 aliphatic rings. The molecule has 0 atom stereocenters. The molecule has 0 spiro atoms. The van der Waals surface area contributed by atoms with Crippen LogP contribution >= 0.6 is 23.4 Å². The molecule has 0 saturated carbocycles. The lowest BCUT2D eigenvalue weighted by Crippen LogP contribution is -2.18. The Balaban J connectivity index is 1.82. The number of rotatable bonds is 7. The van der Waals surface area contributed by atoms with Gasteiger partial charge in [-0.25, -0.2) is 0 Å². The van der Waals surface area contributed by atoms with Gasteiger partial charge in [0.2, 0.25) is 0 Å². The van der Waals surface area contributed by atoms with Crippen molar-refractivity contribution in [3.05, 3.63) is 22.7 Å². The molecule has 0 fully saturated rings. The lowest BCUT2D eigenvalue weighted by Gasteiger charge is -2.20. The predicted octanol–water partition coefficient (Wildman–Crippen LogP) is 3.34. The van der Waals surface area contributed by atoms with Crippen LogP contribution in [-0.4, -0.2) is 31.8 Å². The molecule has 0 amide bonds. The minimum atomic E-state index is 0.569. The van der Waals surface area contributed by atoms with Crippen molar-refractivity contribution < 1.29 is 9.47 Å². The number of unbranched alkanes of at least 4 members (excludes halogenated alkanes) is 1. The first kappa shape index (κ1) is 14.8. The quantitative estimate of drug-likeness (QED) is 0.783. The van der Waals surface area contributed by atoms with Crippen molar-refractivity contribution in [1.29, 1.82) is 0 Å². The van der Waals surface area contributed by atoms with E-state index in [0.29, 0.717) is 24.0 Å². The number of nitrogens with one attached hydrogen (secondary N) is 1. The first-order valence-electron chi connectivity index (χ1n) is 6.59. The van der Waals surface area contributed by atoms with Gasteiger partial charge in [-0.1, -0.05) is 11.6 Å². The molecule has 3 nitrogen and oxygen atoms in total. The number of halogens is 1. The van der Waals surface area contributed by atoms with Gasteiger partial charge in [-0.05, 0) is 49.1 Å². The number of thioether (sulfide) groups is 1. The van der Waals surface area contributed by atoms with Crippen molar-refractivity contribution in [2.75, 3.05) is 31.8 Å². The summed E-state index contributed by atoms with van der Waals surface area (Å²) >= 11 is 8.09. The molecular formula is C14H20ClNO2S. The summed E-state index contributed by atoms with van der Waals surface area (Å²) in [6, 6.07) is 3.96. The van der Waals surface area contributed by atoms with Crippen molar-refractivity contribution >= 4 is 23.4 Å². The van der Waals surface area contributed by atoms with Gasteiger partial charge in [0.15, 0.2) is 11.5 Å². The highest BCUT2D eigenvalue weighted by molar-refractivity contribution is 7.98. The number of hydrogen-bond donors (Lipinski definition) is 1. The van der Waals surface area contributed by atoms with Crippen molar-refractivity contribution in [2.45, 2.75) is 19.4 Å². The molecule has 0 bridgehead atoms. The largest absolute Gasteiger partial charge is 0.486 e. The third-order valence-electron chi connectivity index (χ3n) is 2.94. The predicted molar refractivity (Wildman–Crippen MR) is 81.8 cm³/mol. The van der Waals surface area contributed by atoms with Crippen LogP contribution in [0.4, 0.5) is 0 Å². The SMILES string of the molecule is CSCCCCNCc1cc(Cl)c2c(c1)OCCO2. The van der Waals surface area contributed by atoms with Gasteiger partial charge in [0.25, 0.3) is 0 Å². The monoisotopic (exact) mass is 301 g/mol. The standard InChI is InChI=1S/C14H20ClNO2S/c1-19-7-3-2-4-16-10-11-8-12(15)14-13(9-11)17-5-6-18-14/h8-9,16H,2-7,10H2,1H3. The van der Waals surface area contributed by atoms with Gasteiger partial charge in [0, 0.05) is 6.54 Å². The molecule has 5 heteroatoms. The second-order valence-electron chi connectivity index (χ2n) is 4.48.